The van der Waals surface area contributed by atoms with Gasteiger partial charge in [0, 0.05) is 37.9 Å². The monoisotopic (exact) mass is 238 g/mol. The second-order valence-corrected chi connectivity index (χ2v) is 4.97. The molecule has 1 heterocycles. The van der Waals surface area contributed by atoms with Gasteiger partial charge in [-0.3, -0.25) is 9.69 Å². The van der Waals surface area contributed by atoms with E-state index < -0.39 is 0 Å². The maximum absolute atomic E-state index is 12.1. The van der Waals surface area contributed by atoms with Crippen LogP contribution in [0.1, 0.15) is 26.2 Å². The Labute approximate surface area is 103 Å². The summed E-state index contributed by atoms with van der Waals surface area (Å²) in [6.07, 6.45) is 5.51. The van der Waals surface area contributed by atoms with E-state index in [-0.39, 0.29) is 12.5 Å². The number of allylic oxidation sites excluding steroid dienone is 2. The van der Waals surface area contributed by atoms with Crippen molar-refractivity contribution in [2.45, 2.75) is 26.2 Å². The number of carbonyl (C=O) groups is 1. The standard InChI is InChI=1S/C13H22N2O2/c1-2-15(12-5-3-4-6-12)13(17)9-14-7-11(8-14)10-16/h5,11,16H,2-4,6-10H2,1H3. The molecule has 1 fully saturated rings. The number of likely N-dealkylation sites (tertiary alicyclic amines) is 1. The molecular weight excluding hydrogens is 216 g/mol. The quantitative estimate of drug-likeness (QED) is 0.771. The van der Waals surface area contributed by atoms with E-state index in [2.05, 4.69) is 11.0 Å². The number of nitrogens with zero attached hydrogens (tertiary/aromatic N) is 2. The summed E-state index contributed by atoms with van der Waals surface area (Å²) >= 11 is 0. The summed E-state index contributed by atoms with van der Waals surface area (Å²) in [4.78, 5) is 16.2. The third-order valence-corrected chi connectivity index (χ3v) is 3.63. The third-order valence-electron chi connectivity index (χ3n) is 3.63. The van der Waals surface area contributed by atoms with Gasteiger partial charge in [0.25, 0.3) is 0 Å². The topological polar surface area (TPSA) is 43.8 Å². The van der Waals surface area contributed by atoms with Crippen molar-refractivity contribution in [2.75, 3.05) is 32.8 Å². The van der Waals surface area contributed by atoms with Crippen molar-refractivity contribution in [3.63, 3.8) is 0 Å². The average molecular weight is 238 g/mol. The molecule has 4 nitrogen and oxygen atoms in total. The van der Waals surface area contributed by atoms with E-state index in [0.29, 0.717) is 12.5 Å². The minimum atomic E-state index is 0.206. The zero-order chi connectivity index (χ0) is 12.3. The number of hydrogen-bond acceptors (Lipinski definition) is 3. The Hall–Kier alpha value is -0.870. The highest BCUT2D eigenvalue weighted by molar-refractivity contribution is 5.80. The van der Waals surface area contributed by atoms with Crippen LogP contribution in [0.2, 0.25) is 0 Å². The Bertz CT molecular complexity index is 309. The van der Waals surface area contributed by atoms with Gasteiger partial charge in [-0.2, -0.15) is 0 Å². The fraction of sp³-hybridized carbons (Fsp3) is 0.769. The minimum Gasteiger partial charge on any atom is -0.396 e. The number of aliphatic hydroxyl groups excluding tert-OH is 1. The Morgan fingerprint density at radius 2 is 2.35 bits per heavy atom. The molecule has 1 aliphatic heterocycles. The van der Waals surface area contributed by atoms with E-state index in [1.807, 2.05) is 11.8 Å². The summed E-state index contributed by atoms with van der Waals surface area (Å²) in [5.74, 6) is 0.584. The van der Waals surface area contributed by atoms with Gasteiger partial charge in [-0.15, -0.1) is 0 Å². The van der Waals surface area contributed by atoms with E-state index in [4.69, 9.17) is 5.11 Å². The molecule has 0 aromatic rings. The number of carbonyl (C=O) groups excluding carboxylic acids is 1. The Kier molecular flexibility index (Phi) is 4.18. The fourth-order valence-corrected chi connectivity index (χ4v) is 2.64. The molecule has 0 saturated carbocycles. The van der Waals surface area contributed by atoms with Crippen LogP contribution in [0.5, 0.6) is 0 Å². The summed E-state index contributed by atoms with van der Waals surface area (Å²) in [7, 11) is 0. The highest BCUT2D eigenvalue weighted by Crippen LogP contribution is 2.22. The van der Waals surface area contributed by atoms with Crippen LogP contribution in [0.15, 0.2) is 11.8 Å². The lowest BCUT2D eigenvalue weighted by Gasteiger charge is -2.38. The van der Waals surface area contributed by atoms with E-state index in [0.717, 1.165) is 32.5 Å². The number of amides is 1. The lowest BCUT2D eigenvalue weighted by molar-refractivity contribution is -0.132. The molecule has 96 valence electrons. The molecule has 1 N–H and O–H groups in total. The highest BCUT2D eigenvalue weighted by atomic mass is 16.3. The van der Waals surface area contributed by atoms with Crippen molar-refractivity contribution in [3.8, 4) is 0 Å². The maximum atomic E-state index is 12.1. The van der Waals surface area contributed by atoms with Gasteiger partial charge in [0.15, 0.2) is 0 Å². The molecule has 1 saturated heterocycles. The van der Waals surface area contributed by atoms with E-state index in [9.17, 15) is 4.79 Å². The van der Waals surface area contributed by atoms with Crippen molar-refractivity contribution < 1.29 is 9.90 Å². The summed E-state index contributed by atoms with van der Waals surface area (Å²) in [5.41, 5.74) is 1.21. The number of rotatable bonds is 5. The van der Waals surface area contributed by atoms with Crippen LogP contribution in [0.25, 0.3) is 0 Å². The molecule has 0 atom stereocenters. The van der Waals surface area contributed by atoms with Crippen molar-refractivity contribution in [2.24, 2.45) is 5.92 Å². The van der Waals surface area contributed by atoms with Crippen LogP contribution in [-0.2, 0) is 4.79 Å². The molecule has 0 bridgehead atoms. The molecule has 2 rings (SSSR count). The molecule has 0 radical (unpaired) electrons. The van der Waals surface area contributed by atoms with Crippen molar-refractivity contribution in [1.82, 2.24) is 9.80 Å². The van der Waals surface area contributed by atoms with Crippen LogP contribution >= 0.6 is 0 Å². The summed E-state index contributed by atoms with van der Waals surface area (Å²) in [6, 6.07) is 0. The molecule has 0 unspecified atom stereocenters. The second kappa shape index (κ2) is 5.65. The lowest BCUT2D eigenvalue weighted by Crippen LogP contribution is -2.52. The molecule has 17 heavy (non-hydrogen) atoms. The van der Waals surface area contributed by atoms with E-state index in [1.165, 1.54) is 12.1 Å². The van der Waals surface area contributed by atoms with E-state index >= 15 is 0 Å². The highest BCUT2D eigenvalue weighted by Gasteiger charge is 2.29. The molecule has 0 spiro atoms. The van der Waals surface area contributed by atoms with Crippen LogP contribution in [-0.4, -0.2) is 53.6 Å². The Morgan fingerprint density at radius 1 is 1.59 bits per heavy atom. The van der Waals surface area contributed by atoms with Gasteiger partial charge in [-0.1, -0.05) is 6.08 Å². The van der Waals surface area contributed by atoms with Crippen LogP contribution in [0, 0.1) is 5.92 Å². The first-order valence-electron chi connectivity index (χ1n) is 6.57. The third kappa shape index (κ3) is 2.87. The molecular formula is C13H22N2O2. The van der Waals surface area contributed by atoms with Gasteiger partial charge < -0.3 is 10.0 Å². The van der Waals surface area contributed by atoms with Gasteiger partial charge in [0.2, 0.25) is 5.91 Å². The largest absolute Gasteiger partial charge is 0.396 e. The predicted octanol–water partition coefficient (Wildman–Crippen LogP) is 0.827. The second-order valence-electron chi connectivity index (χ2n) is 4.97. The summed E-state index contributed by atoms with van der Waals surface area (Å²) in [5, 5.41) is 8.93. The summed E-state index contributed by atoms with van der Waals surface area (Å²) in [6.45, 7) is 5.26. The fourth-order valence-electron chi connectivity index (χ4n) is 2.64. The molecule has 0 aromatic carbocycles. The maximum Gasteiger partial charge on any atom is 0.240 e. The van der Waals surface area contributed by atoms with Gasteiger partial charge in [0.05, 0.1) is 6.54 Å². The van der Waals surface area contributed by atoms with Crippen LogP contribution in [0.3, 0.4) is 0 Å². The molecule has 2 aliphatic rings. The van der Waals surface area contributed by atoms with E-state index in [1.54, 1.807) is 0 Å². The molecule has 0 aromatic heterocycles. The normalized spacial score (nSPS) is 21.2. The first kappa shape index (κ1) is 12.6. The van der Waals surface area contributed by atoms with Gasteiger partial charge in [-0.25, -0.2) is 0 Å². The number of likely N-dealkylation sites (N-methyl/N-ethyl adjacent to an activating group) is 1. The molecule has 4 heteroatoms. The van der Waals surface area contributed by atoms with Gasteiger partial charge in [0.1, 0.15) is 0 Å². The van der Waals surface area contributed by atoms with Crippen molar-refractivity contribution in [1.29, 1.82) is 0 Å². The van der Waals surface area contributed by atoms with Crippen molar-refractivity contribution in [3.05, 3.63) is 11.8 Å². The number of hydrogen-bond donors (Lipinski definition) is 1. The van der Waals surface area contributed by atoms with Gasteiger partial charge in [-0.05, 0) is 26.2 Å². The van der Waals surface area contributed by atoms with Crippen LogP contribution < -0.4 is 0 Å². The van der Waals surface area contributed by atoms with Crippen molar-refractivity contribution >= 4 is 5.91 Å². The Balaban J connectivity index is 1.81. The lowest BCUT2D eigenvalue weighted by atomic mass is 10.0. The minimum absolute atomic E-state index is 0.206. The number of aliphatic hydroxyl groups is 1. The predicted molar refractivity (Wildman–Crippen MR) is 66.3 cm³/mol. The molecule has 1 amide bonds. The first-order valence-corrected chi connectivity index (χ1v) is 6.57. The van der Waals surface area contributed by atoms with Crippen LogP contribution in [0.4, 0.5) is 0 Å². The molecule has 1 aliphatic carbocycles. The summed E-state index contributed by atoms with van der Waals surface area (Å²) < 4.78 is 0. The zero-order valence-corrected chi connectivity index (χ0v) is 10.6. The average Bonchev–Trinajstić information content (AvgIpc) is 2.77. The Morgan fingerprint density at radius 3 is 2.88 bits per heavy atom. The van der Waals surface area contributed by atoms with Gasteiger partial charge >= 0.3 is 0 Å². The smallest absolute Gasteiger partial charge is 0.240 e. The SMILES string of the molecule is CCN(C(=O)CN1CC(CO)C1)C1=CCCC1. The zero-order valence-electron chi connectivity index (χ0n) is 10.6. The first-order chi connectivity index (χ1) is 8.24.